The standard InChI is InChI=1S/C14H17N5OS/c1-8(12-18-19-13(15)21-12)16-14(20)17-11-7-3-5-9-4-2-6-10(9)11/h3,5,7-8H,2,4,6H2,1H3,(H2,15,19)(H2,16,17,20)/t8-/m1/s1. The molecule has 1 heterocycles. The second-order valence-electron chi connectivity index (χ2n) is 5.10. The molecule has 3 rings (SSSR count). The highest BCUT2D eigenvalue weighted by molar-refractivity contribution is 7.15. The van der Waals surface area contributed by atoms with Gasteiger partial charge in [-0.25, -0.2) is 4.79 Å². The Bertz CT molecular complexity index is 669. The van der Waals surface area contributed by atoms with E-state index in [1.807, 2.05) is 19.1 Å². The average Bonchev–Trinajstić information content (AvgIpc) is 3.07. The van der Waals surface area contributed by atoms with Gasteiger partial charge in [0, 0.05) is 5.69 Å². The molecule has 110 valence electrons. The van der Waals surface area contributed by atoms with Crippen LogP contribution in [-0.2, 0) is 12.8 Å². The molecule has 0 unspecified atom stereocenters. The monoisotopic (exact) mass is 303 g/mol. The molecule has 2 aromatic rings. The van der Waals surface area contributed by atoms with Crippen LogP contribution in [0.3, 0.4) is 0 Å². The van der Waals surface area contributed by atoms with Crippen LogP contribution < -0.4 is 16.4 Å². The lowest BCUT2D eigenvalue weighted by Crippen LogP contribution is -2.31. The fourth-order valence-electron chi connectivity index (χ4n) is 2.58. The van der Waals surface area contributed by atoms with E-state index >= 15 is 0 Å². The van der Waals surface area contributed by atoms with E-state index in [1.165, 1.54) is 22.5 Å². The summed E-state index contributed by atoms with van der Waals surface area (Å²) >= 11 is 1.28. The molecule has 2 amide bonds. The van der Waals surface area contributed by atoms with Gasteiger partial charge in [-0.1, -0.05) is 23.5 Å². The maximum absolute atomic E-state index is 12.1. The molecule has 0 saturated carbocycles. The highest BCUT2D eigenvalue weighted by Gasteiger charge is 2.17. The highest BCUT2D eigenvalue weighted by atomic mass is 32.1. The molecule has 21 heavy (non-hydrogen) atoms. The van der Waals surface area contributed by atoms with Crippen LogP contribution in [0.1, 0.15) is 35.5 Å². The Balaban J connectivity index is 1.66. The molecule has 6 nitrogen and oxygen atoms in total. The number of urea groups is 1. The van der Waals surface area contributed by atoms with Crippen molar-refractivity contribution in [2.75, 3.05) is 11.1 Å². The second kappa shape index (κ2) is 5.69. The number of benzene rings is 1. The molecule has 1 atom stereocenters. The molecule has 0 radical (unpaired) electrons. The van der Waals surface area contributed by atoms with E-state index in [1.54, 1.807) is 0 Å². The van der Waals surface area contributed by atoms with E-state index in [2.05, 4.69) is 26.9 Å². The zero-order valence-corrected chi connectivity index (χ0v) is 12.5. The quantitative estimate of drug-likeness (QED) is 0.812. The summed E-state index contributed by atoms with van der Waals surface area (Å²) in [6.07, 6.45) is 3.26. The van der Waals surface area contributed by atoms with Gasteiger partial charge in [-0.2, -0.15) is 0 Å². The second-order valence-corrected chi connectivity index (χ2v) is 6.14. The number of nitrogens with zero attached hydrogens (tertiary/aromatic N) is 2. The van der Waals surface area contributed by atoms with E-state index in [0.29, 0.717) is 10.1 Å². The highest BCUT2D eigenvalue weighted by Crippen LogP contribution is 2.28. The number of hydrogen-bond donors (Lipinski definition) is 3. The minimum absolute atomic E-state index is 0.225. The SMILES string of the molecule is C[C@@H](NC(=O)Nc1cccc2c1CCC2)c1nnc(N)s1. The minimum atomic E-state index is -0.239. The Hall–Kier alpha value is -2.15. The van der Waals surface area contributed by atoms with Gasteiger partial charge in [0.15, 0.2) is 0 Å². The summed E-state index contributed by atoms with van der Waals surface area (Å²) in [5, 5.41) is 14.6. The molecule has 0 aliphatic heterocycles. The van der Waals surface area contributed by atoms with Crippen LogP contribution in [0.4, 0.5) is 15.6 Å². The van der Waals surface area contributed by atoms with E-state index in [-0.39, 0.29) is 12.1 Å². The van der Waals surface area contributed by atoms with E-state index < -0.39 is 0 Å². The number of aryl methyl sites for hydroxylation is 1. The Morgan fingerprint density at radius 3 is 3.00 bits per heavy atom. The summed E-state index contributed by atoms with van der Waals surface area (Å²) in [6.45, 7) is 1.86. The van der Waals surface area contributed by atoms with Crippen LogP contribution in [-0.4, -0.2) is 16.2 Å². The van der Waals surface area contributed by atoms with Gasteiger partial charge >= 0.3 is 6.03 Å². The van der Waals surface area contributed by atoms with Gasteiger partial charge in [-0.05, 0) is 43.4 Å². The van der Waals surface area contributed by atoms with Gasteiger partial charge in [0.05, 0.1) is 6.04 Å². The first-order valence-corrected chi connectivity index (χ1v) is 7.72. The smallest absolute Gasteiger partial charge is 0.319 e. The first kappa shape index (κ1) is 13.8. The van der Waals surface area contributed by atoms with Crippen molar-refractivity contribution in [2.45, 2.75) is 32.2 Å². The van der Waals surface area contributed by atoms with Crippen LogP contribution in [0.25, 0.3) is 0 Å². The van der Waals surface area contributed by atoms with Crippen LogP contribution in [0.5, 0.6) is 0 Å². The molecule has 0 spiro atoms. The van der Waals surface area contributed by atoms with Gasteiger partial charge < -0.3 is 16.4 Å². The zero-order valence-electron chi connectivity index (χ0n) is 11.7. The number of fused-ring (bicyclic) bond motifs is 1. The van der Waals surface area contributed by atoms with Crippen LogP contribution >= 0.6 is 11.3 Å². The Morgan fingerprint density at radius 2 is 2.24 bits per heavy atom. The van der Waals surface area contributed by atoms with Crippen LogP contribution in [0.15, 0.2) is 18.2 Å². The number of anilines is 2. The average molecular weight is 303 g/mol. The normalized spacial score (nSPS) is 14.5. The summed E-state index contributed by atoms with van der Waals surface area (Å²) in [5.74, 6) is 0. The number of nitrogens with one attached hydrogen (secondary N) is 2. The van der Waals surface area contributed by atoms with Crippen LogP contribution in [0, 0.1) is 0 Å². The molecule has 0 fully saturated rings. The third kappa shape index (κ3) is 2.97. The molecule has 0 saturated heterocycles. The minimum Gasteiger partial charge on any atom is -0.374 e. The molecular formula is C14H17N5OS. The lowest BCUT2D eigenvalue weighted by atomic mass is 10.1. The molecule has 1 aromatic heterocycles. The van der Waals surface area contributed by atoms with Crippen molar-refractivity contribution in [2.24, 2.45) is 0 Å². The lowest BCUT2D eigenvalue weighted by molar-refractivity contribution is 0.249. The summed E-state index contributed by atoms with van der Waals surface area (Å²) in [7, 11) is 0. The molecule has 1 aliphatic rings. The van der Waals surface area contributed by atoms with Crippen molar-refractivity contribution < 1.29 is 4.79 Å². The zero-order chi connectivity index (χ0) is 14.8. The fourth-order valence-corrected chi connectivity index (χ4v) is 3.19. The fraction of sp³-hybridized carbons (Fsp3) is 0.357. The molecular weight excluding hydrogens is 286 g/mol. The first-order valence-electron chi connectivity index (χ1n) is 6.90. The molecule has 4 N–H and O–H groups in total. The first-order chi connectivity index (χ1) is 10.1. The molecule has 7 heteroatoms. The Kier molecular flexibility index (Phi) is 3.74. The maximum atomic E-state index is 12.1. The number of nitrogens with two attached hydrogens (primary N) is 1. The van der Waals surface area contributed by atoms with Gasteiger partial charge in [0.1, 0.15) is 5.01 Å². The van der Waals surface area contributed by atoms with Crippen molar-refractivity contribution in [3.05, 3.63) is 34.3 Å². The van der Waals surface area contributed by atoms with Crippen LogP contribution in [0.2, 0.25) is 0 Å². The number of rotatable bonds is 3. The lowest BCUT2D eigenvalue weighted by Gasteiger charge is -2.14. The summed E-state index contributed by atoms with van der Waals surface area (Å²) in [6, 6.07) is 5.58. The largest absolute Gasteiger partial charge is 0.374 e. The predicted molar refractivity (Wildman–Crippen MR) is 83.4 cm³/mol. The maximum Gasteiger partial charge on any atom is 0.319 e. The topological polar surface area (TPSA) is 92.9 Å². The summed E-state index contributed by atoms with van der Waals surface area (Å²) in [4.78, 5) is 12.1. The number of carbonyl (C=O) groups excluding carboxylic acids is 1. The number of hydrogen-bond acceptors (Lipinski definition) is 5. The predicted octanol–water partition coefficient (Wildman–Crippen LogP) is 2.49. The number of amides is 2. The van der Waals surface area contributed by atoms with E-state index in [9.17, 15) is 4.79 Å². The summed E-state index contributed by atoms with van der Waals surface area (Å²) < 4.78 is 0. The number of nitrogen functional groups attached to an aromatic ring is 1. The summed E-state index contributed by atoms with van der Waals surface area (Å²) in [5.41, 5.74) is 9.03. The van der Waals surface area contributed by atoms with Gasteiger partial charge in [0.2, 0.25) is 5.13 Å². The Labute approximate surface area is 126 Å². The van der Waals surface area contributed by atoms with Crippen molar-refractivity contribution in [3.63, 3.8) is 0 Å². The van der Waals surface area contributed by atoms with Crippen molar-refractivity contribution in [3.8, 4) is 0 Å². The Morgan fingerprint density at radius 1 is 1.38 bits per heavy atom. The van der Waals surface area contributed by atoms with Gasteiger partial charge in [0.25, 0.3) is 0 Å². The molecule has 1 aromatic carbocycles. The van der Waals surface area contributed by atoms with Gasteiger partial charge in [-0.15, -0.1) is 10.2 Å². The molecule has 1 aliphatic carbocycles. The third-order valence-corrected chi connectivity index (χ3v) is 4.50. The molecule has 0 bridgehead atoms. The van der Waals surface area contributed by atoms with E-state index in [0.717, 1.165) is 24.9 Å². The van der Waals surface area contributed by atoms with Crippen molar-refractivity contribution in [1.29, 1.82) is 0 Å². The van der Waals surface area contributed by atoms with Crippen molar-refractivity contribution in [1.82, 2.24) is 15.5 Å². The van der Waals surface area contributed by atoms with Crippen molar-refractivity contribution >= 4 is 28.2 Å². The number of carbonyl (C=O) groups is 1. The van der Waals surface area contributed by atoms with Gasteiger partial charge in [-0.3, -0.25) is 0 Å². The third-order valence-electron chi connectivity index (χ3n) is 3.57. The van der Waals surface area contributed by atoms with E-state index in [4.69, 9.17) is 5.73 Å². The number of aromatic nitrogens is 2.